The summed E-state index contributed by atoms with van der Waals surface area (Å²) in [6.45, 7) is 1.63. The zero-order chi connectivity index (χ0) is 13.0. The molecule has 0 unspecified atom stereocenters. The molecular formula is C9H14N2O6. The van der Waals surface area contributed by atoms with E-state index in [2.05, 4.69) is 10.1 Å². The van der Waals surface area contributed by atoms with Gasteiger partial charge in [0.15, 0.2) is 12.2 Å². The molecule has 1 fully saturated rings. The molecule has 8 heteroatoms. The predicted molar refractivity (Wildman–Crippen MR) is 53.9 cm³/mol. The van der Waals surface area contributed by atoms with E-state index in [1.807, 2.05) is 0 Å². The quantitative estimate of drug-likeness (QED) is 0.359. The van der Waals surface area contributed by atoms with E-state index in [0.717, 1.165) is 0 Å². The van der Waals surface area contributed by atoms with Gasteiger partial charge in [-0.15, -0.1) is 0 Å². The monoisotopic (exact) mass is 246 g/mol. The first-order valence-corrected chi connectivity index (χ1v) is 5.05. The van der Waals surface area contributed by atoms with Crippen LogP contribution >= 0.6 is 0 Å². The predicted octanol–water partition coefficient (Wildman–Crippen LogP) is -2.15. The number of ether oxygens (including phenoxy) is 2. The Hall–Kier alpha value is -1.67. The molecule has 1 saturated heterocycles. The molecule has 17 heavy (non-hydrogen) atoms. The van der Waals surface area contributed by atoms with E-state index in [1.54, 1.807) is 6.92 Å². The lowest BCUT2D eigenvalue weighted by atomic mass is 10.2. The summed E-state index contributed by atoms with van der Waals surface area (Å²) in [5, 5.41) is 10.8. The maximum atomic E-state index is 11.4. The molecule has 0 spiro atoms. The standard InChI is InChI=1S/C9H14N2O6/c1-2-16-9(15)6-5(17-6)7(12)11-3-4(10)8(13)14/h4-6H,2-3,10H2,1H3,(H,11,12)(H,13,14)/t4-,5-,6-/m0/s1. The maximum absolute atomic E-state index is 11.4. The van der Waals surface area contributed by atoms with E-state index in [1.165, 1.54) is 0 Å². The van der Waals surface area contributed by atoms with Crippen LogP contribution in [0.5, 0.6) is 0 Å². The van der Waals surface area contributed by atoms with Crippen LogP contribution in [0.4, 0.5) is 0 Å². The molecule has 3 atom stereocenters. The molecule has 96 valence electrons. The summed E-state index contributed by atoms with van der Waals surface area (Å²) in [6, 6.07) is -1.18. The van der Waals surface area contributed by atoms with Gasteiger partial charge in [-0.3, -0.25) is 9.59 Å². The average Bonchev–Trinajstić information content (AvgIpc) is 3.05. The number of epoxide rings is 1. The second-order valence-electron chi connectivity index (χ2n) is 3.42. The highest BCUT2D eigenvalue weighted by Crippen LogP contribution is 2.23. The van der Waals surface area contributed by atoms with E-state index < -0.39 is 36.1 Å². The van der Waals surface area contributed by atoms with Gasteiger partial charge in [-0.2, -0.15) is 0 Å². The zero-order valence-electron chi connectivity index (χ0n) is 9.21. The lowest BCUT2D eigenvalue weighted by Gasteiger charge is -2.06. The van der Waals surface area contributed by atoms with Crippen molar-refractivity contribution in [2.75, 3.05) is 13.2 Å². The van der Waals surface area contributed by atoms with E-state index in [4.69, 9.17) is 15.6 Å². The Balaban J connectivity index is 2.27. The number of hydrogen-bond acceptors (Lipinski definition) is 6. The fraction of sp³-hybridized carbons (Fsp3) is 0.667. The van der Waals surface area contributed by atoms with Gasteiger partial charge in [-0.05, 0) is 6.92 Å². The number of aliphatic carboxylic acids is 1. The van der Waals surface area contributed by atoms with Crippen LogP contribution in [0.3, 0.4) is 0 Å². The van der Waals surface area contributed by atoms with Crippen molar-refractivity contribution in [2.24, 2.45) is 5.73 Å². The summed E-state index contributed by atoms with van der Waals surface area (Å²) < 4.78 is 9.46. The Morgan fingerprint density at radius 3 is 2.65 bits per heavy atom. The minimum Gasteiger partial charge on any atom is -0.480 e. The van der Waals surface area contributed by atoms with Crippen molar-refractivity contribution >= 4 is 17.8 Å². The lowest BCUT2D eigenvalue weighted by Crippen LogP contribution is -2.44. The van der Waals surface area contributed by atoms with Crippen LogP contribution in [0.1, 0.15) is 6.92 Å². The normalized spacial score (nSPS) is 23.6. The number of carbonyl (C=O) groups excluding carboxylic acids is 2. The van der Waals surface area contributed by atoms with Crippen molar-refractivity contribution in [3.8, 4) is 0 Å². The minimum atomic E-state index is -1.22. The van der Waals surface area contributed by atoms with Gasteiger partial charge in [0.05, 0.1) is 6.61 Å². The van der Waals surface area contributed by atoms with Crippen LogP contribution in [-0.4, -0.2) is 54.4 Å². The van der Waals surface area contributed by atoms with Crippen LogP contribution in [0, 0.1) is 0 Å². The first-order valence-electron chi connectivity index (χ1n) is 5.05. The fourth-order valence-electron chi connectivity index (χ4n) is 1.11. The number of carbonyl (C=O) groups is 3. The van der Waals surface area contributed by atoms with Crippen LogP contribution in [-0.2, 0) is 23.9 Å². The molecule has 1 amide bonds. The van der Waals surface area contributed by atoms with Crippen molar-refractivity contribution in [1.82, 2.24) is 5.32 Å². The Morgan fingerprint density at radius 1 is 1.47 bits per heavy atom. The van der Waals surface area contributed by atoms with Gasteiger partial charge in [0.2, 0.25) is 0 Å². The first-order chi connectivity index (χ1) is 7.97. The summed E-state index contributed by atoms with van der Waals surface area (Å²) in [5.74, 6) is -2.39. The van der Waals surface area contributed by atoms with Gasteiger partial charge in [0.1, 0.15) is 6.04 Å². The number of amides is 1. The molecule has 0 bridgehead atoms. The van der Waals surface area contributed by atoms with Crippen molar-refractivity contribution in [2.45, 2.75) is 25.2 Å². The zero-order valence-corrected chi connectivity index (χ0v) is 9.21. The van der Waals surface area contributed by atoms with E-state index >= 15 is 0 Å². The molecule has 0 radical (unpaired) electrons. The van der Waals surface area contributed by atoms with Crippen LogP contribution in [0.25, 0.3) is 0 Å². The third-order valence-electron chi connectivity index (χ3n) is 2.08. The molecule has 0 saturated carbocycles. The molecule has 1 aliphatic heterocycles. The molecule has 0 aliphatic carbocycles. The number of carboxylic acids is 1. The molecule has 4 N–H and O–H groups in total. The molecule has 0 aromatic heterocycles. The third-order valence-corrected chi connectivity index (χ3v) is 2.08. The number of carboxylic acid groups (broad SMARTS) is 1. The summed E-state index contributed by atoms with van der Waals surface area (Å²) >= 11 is 0. The number of esters is 1. The summed E-state index contributed by atoms with van der Waals surface area (Å²) in [6.07, 6.45) is -1.80. The second-order valence-corrected chi connectivity index (χ2v) is 3.42. The lowest BCUT2D eigenvalue weighted by molar-refractivity contribution is -0.144. The third kappa shape index (κ3) is 3.68. The van der Waals surface area contributed by atoms with Gasteiger partial charge < -0.3 is 25.6 Å². The SMILES string of the molecule is CCOC(=O)[C@H]1O[C@@H]1C(=O)NC[C@H](N)C(=O)O. The maximum Gasteiger partial charge on any atom is 0.338 e. The Kier molecular flexibility index (Phi) is 4.41. The Labute approximate surface area is 97.0 Å². The highest BCUT2D eigenvalue weighted by Gasteiger charge is 2.51. The number of nitrogens with two attached hydrogens (primary N) is 1. The van der Waals surface area contributed by atoms with E-state index in [0.29, 0.717) is 0 Å². The van der Waals surface area contributed by atoms with Gasteiger partial charge in [0, 0.05) is 6.54 Å². The van der Waals surface area contributed by atoms with Crippen molar-refractivity contribution in [3.05, 3.63) is 0 Å². The largest absolute Gasteiger partial charge is 0.480 e. The van der Waals surface area contributed by atoms with Crippen LogP contribution in [0.2, 0.25) is 0 Å². The van der Waals surface area contributed by atoms with Gasteiger partial charge >= 0.3 is 11.9 Å². The molecule has 0 aromatic rings. The van der Waals surface area contributed by atoms with Gasteiger partial charge in [0.25, 0.3) is 5.91 Å². The molecular weight excluding hydrogens is 232 g/mol. The van der Waals surface area contributed by atoms with E-state index in [9.17, 15) is 14.4 Å². The van der Waals surface area contributed by atoms with Crippen molar-refractivity contribution in [3.63, 3.8) is 0 Å². The second kappa shape index (κ2) is 5.60. The topological polar surface area (TPSA) is 131 Å². The summed E-state index contributed by atoms with van der Waals surface area (Å²) in [7, 11) is 0. The highest BCUT2D eigenvalue weighted by atomic mass is 16.6. The Morgan fingerprint density at radius 2 is 2.12 bits per heavy atom. The molecule has 1 aliphatic rings. The molecule has 8 nitrogen and oxygen atoms in total. The first kappa shape index (κ1) is 13.4. The number of rotatable bonds is 6. The van der Waals surface area contributed by atoms with E-state index in [-0.39, 0.29) is 13.2 Å². The highest BCUT2D eigenvalue weighted by molar-refractivity contribution is 5.93. The summed E-state index contributed by atoms with van der Waals surface area (Å²) in [5.41, 5.74) is 5.18. The molecule has 0 aromatic carbocycles. The van der Waals surface area contributed by atoms with Gasteiger partial charge in [-0.25, -0.2) is 4.79 Å². The van der Waals surface area contributed by atoms with Crippen LogP contribution in [0.15, 0.2) is 0 Å². The smallest absolute Gasteiger partial charge is 0.338 e. The number of hydrogen-bond donors (Lipinski definition) is 3. The Bertz CT molecular complexity index is 331. The minimum absolute atomic E-state index is 0.205. The summed E-state index contributed by atoms with van der Waals surface area (Å²) in [4.78, 5) is 32.9. The molecule has 1 rings (SSSR count). The van der Waals surface area contributed by atoms with Crippen molar-refractivity contribution < 1.29 is 29.0 Å². The van der Waals surface area contributed by atoms with Crippen LogP contribution < -0.4 is 11.1 Å². The average molecular weight is 246 g/mol. The number of nitrogens with one attached hydrogen (secondary N) is 1. The van der Waals surface area contributed by atoms with Crippen molar-refractivity contribution in [1.29, 1.82) is 0 Å². The van der Waals surface area contributed by atoms with Gasteiger partial charge in [-0.1, -0.05) is 0 Å². The molecule has 1 heterocycles. The fourth-order valence-corrected chi connectivity index (χ4v) is 1.11.